The number of nitrogens with two attached hydrogens (primary N) is 2. The maximum absolute atomic E-state index is 13.5. The molecule has 0 radical (unpaired) electrons. The third-order valence-electron chi connectivity index (χ3n) is 2.33. The highest BCUT2D eigenvalue weighted by molar-refractivity contribution is 5.98. The van der Waals surface area contributed by atoms with Crippen molar-refractivity contribution in [2.45, 2.75) is 32.9 Å². The minimum absolute atomic E-state index is 0.0993. The topological polar surface area (TPSA) is 115 Å². The Morgan fingerprint density at radius 1 is 1.38 bits per heavy atom. The third kappa shape index (κ3) is 5.65. The van der Waals surface area contributed by atoms with Crippen LogP contribution in [0.1, 0.15) is 31.9 Å². The number of rotatable bonds is 3. The minimum Gasteiger partial charge on any atom is -0.444 e. The third-order valence-corrected chi connectivity index (χ3v) is 2.33. The molecule has 0 aliphatic heterocycles. The van der Waals surface area contributed by atoms with Gasteiger partial charge in [-0.1, -0.05) is 0 Å². The molecule has 0 unspecified atom stereocenters. The van der Waals surface area contributed by atoms with Gasteiger partial charge in [-0.05, 0) is 44.5 Å². The van der Waals surface area contributed by atoms with Gasteiger partial charge in [-0.25, -0.2) is 15.0 Å². The summed E-state index contributed by atoms with van der Waals surface area (Å²) in [6, 6.07) is 4.11. The van der Waals surface area contributed by atoms with Crippen molar-refractivity contribution in [2.24, 2.45) is 16.8 Å². The smallest absolute Gasteiger partial charge is 0.407 e. The summed E-state index contributed by atoms with van der Waals surface area (Å²) < 4.78 is 18.6. The Morgan fingerprint density at radius 3 is 2.57 bits per heavy atom. The Labute approximate surface area is 122 Å². The van der Waals surface area contributed by atoms with Crippen LogP contribution < -0.4 is 22.4 Å². The van der Waals surface area contributed by atoms with Crippen molar-refractivity contribution in [3.63, 3.8) is 0 Å². The van der Waals surface area contributed by atoms with Gasteiger partial charge >= 0.3 is 6.09 Å². The molecular formula is C13H20FN5O2. The van der Waals surface area contributed by atoms with Gasteiger partial charge < -0.3 is 21.3 Å². The molecule has 0 aromatic heterocycles. The van der Waals surface area contributed by atoms with Crippen molar-refractivity contribution in [3.8, 4) is 0 Å². The normalized spacial score (nSPS) is 12.0. The number of hydrogen-bond acceptors (Lipinski definition) is 5. The van der Waals surface area contributed by atoms with Crippen LogP contribution >= 0.6 is 0 Å². The van der Waals surface area contributed by atoms with Gasteiger partial charge in [0.1, 0.15) is 11.4 Å². The number of carbonyl (C=O) groups is 1. The monoisotopic (exact) mass is 297 g/mol. The number of alkyl carbamates (subject to hydrolysis) is 1. The average molecular weight is 297 g/mol. The number of nitrogens with one attached hydrogen (secondary N) is 2. The first-order valence-corrected chi connectivity index (χ1v) is 6.26. The molecule has 1 rings (SSSR count). The molecule has 0 heterocycles. The molecule has 21 heavy (non-hydrogen) atoms. The van der Waals surface area contributed by atoms with E-state index in [1.54, 1.807) is 26.8 Å². The molecule has 6 N–H and O–H groups in total. The van der Waals surface area contributed by atoms with Crippen LogP contribution in [0.5, 0.6) is 0 Å². The summed E-state index contributed by atoms with van der Waals surface area (Å²) in [5.41, 5.74) is 2.56. The highest BCUT2D eigenvalue weighted by Gasteiger charge is 2.16. The van der Waals surface area contributed by atoms with E-state index in [-0.39, 0.29) is 12.4 Å². The quantitative estimate of drug-likeness (QED) is 0.287. The summed E-state index contributed by atoms with van der Waals surface area (Å²) in [7, 11) is 0. The van der Waals surface area contributed by atoms with Gasteiger partial charge in [0.2, 0.25) is 0 Å². The molecule has 7 nitrogen and oxygen atoms in total. The summed E-state index contributed by atoms with van der Waals surface area (Å²) in [6.07, 6.45) is -0.585. The van der Waals surface area contributed by atoms with Gasteiger partial charge in [0, 0.05) is 12.1 Å². The van der Waals surface area contributed by atoms with E-state index in [1.807, 2.05) is 0 Å². The fourth-order valence-corrected chi connectivity index (χ4v) is 1.57. The van der Waals surface area contributed by atoms with E-state index in [2.05, 4.69) is 15.8 Å². The molecule has 0 bridgehead atoms. The summed E-state index contributed by atoms with van der Waals surface area (Å²) in [5.74, 6) is 10.0. The van der Waals surface area contributed by atoms with E-state index in [0.29, 0.717) is 11.1 Å². The van der Waals surface area contributed by atoms with Crippen molar-refractivity contribution in [2.75, 3.05) is 0 Å². The number of amidine groups is 1. The zero-order valence-corrected chi connectivity index (χ0v) is 12.2. The number of hydrogen-bond donors (Lipinski definition) is 4. The molecule has 1 amide bonds. The van der Waals surface area contributed by atoms with E-state index in [9.17, 15) is 9.18 Å². The predicted octanol–water partition coefficient (Wildman–Crippen LogP) is 0.934. The van der Waals surface area contributed by atoms with Crippen LogP contribution in [-0.2, 0) is 11.3 Å². The lowest BCUT2D eigenvalue weighted by Gasteiger charge is -2.19. The van der Waals surface area contributed by atoms with E-state index in [4.69, 9.17) is 16.4 Å². The van der Waals surface area contributed by atoms with Crippen LogP contribution in [0.2, 0.25) is 0 Å². The first-order valence-electron chi connectivity index (χ1n) is 6.26. The number of hydrazine groups is 1. The summed E-state index contributed by atoms with van der Waals surface area (Å²) in [4.78, 5) is 11.5. The number of amides is 1. The van der Waals surface area contributed by atoms with Crippen molar-refractivity contribution < 1.29 is 13.9 Å². The van der Waals surface area contributed by atoms with Gasteiger partial charge in [-0.3, -0.25) is 0 Å². The van der Waals surface area contributed by atoms with Gasteiger partial charge in [-0.2, -0.15) is 5.10 Å². The molecule has 1 aromatic rings. The molecular weight excluding hydrogens is 277 g/mol. The zero-order chi connectivity index (χ0) is 16.0. The molecule has 8 heteroatoms. The second-order valence-corrected chi connectivity index (χ2v) is 5.33. The molecule has 0 fully saturated rings. The van der Waals surface area contributed by atoms with Gasteiger partial charge in [-0.15, -0.1) is 0 Å². The van der Waals surface area contributed by atoms with E-state index in [0.717, 1.165) is 0 Å². The number of hydrazone groups is 1. The summed E-state index contributed by atoms with van der Waals surface area (Å²) in [6.45, 7) is 5.36. The van der Waals surface area contributed by atoms with E-state index in [1.165, 1.54) is 12.1 Å². The van der Waals surface area contributed by atoms with Crippen LogP contribution in [0.25, 0.3) is 0 Å². The lowest BCUT2D eigenvalue weighted by Crippen LogP contribution is -2.33. The summed E-state index contributed by atoms with van der Waals surface area (Å²) >= 11 is 0. The highest BCUT2D eigenvalue weighted by atomic mass is 19.1. The average Bonchev–Trinajstić information content (AvgIpc) is 2.35. The Hall–Kier alpha value is -2.35. The largest absolute Gasteiger partial charge is 0.444 e. The number of halogens is 1. The first kappa shape index (κ1) is 16.7. The minimum atomic E-state index is -0.597. The van der Waals surface area contributed by atoms with Crippen molar-refractivity contribution in [1.29, 1.82) is 0 Å². The summed E-state index contributed by atoms with van der Waals surface area (Å²) in [5, 5.41) is 5.94. The maximum Gasteiger partial charge on any atom is 0.407 e. The number of nitrogens with zero attached hydrogens (tertiary/aromatic N) is 1. The lowest BCUT2D eigenvalue weighted by molar-refractivity contribution is 0.0523. The highest BCUT2D eigenvalue weighted by Crippen LogP contribution is 2.11. The predicted molar refractivity (Wildman–Crippen MR) is 77.5 cm³/mol. The maximum atomic E-state index is 13.5. The molecule has 116 valence electrons. The first-order chi connectivity index (χ1) is 9.75. The van der Waals surface area contributed by atoms with Crippen LogP contribution in [-0.4, -0.2) is 17.5 Å². The van der Waals surface area contributed by atoms with Gasteiger partial charge in [0.15, 0.2) is 5.84 Å². The number of carbonyl (C=O) groups excluding carboxylic acids is 1. The van der Waals surface area contributed by atoms with E-state index >= 15 is 0 Å². The fraction of sp³-hybridized carbons (Fsp3) is 0.385. The molecule has 0 spiro atoms. The van der Waals surface area contributed by atoms with Crippen molar-refractivity contribution >= 4 is 11.9 Å². The van der Waals surface area contributed by atoms with Crippen LogP contribution in [0.3, 0.4) is 0 Å². The second kappa shape index (κ2) is 6.89. The van der Waals surface area contributed by atoms with Crippen LogP contribution in [0.4, 0.5) is 9.18 Å². The van der Waals surface area contributed by atoms with Crippen LogP contribution in [0, 0.1) is 5.82 Å². The molecule has 0 aliphatic carbocycles. The number of benzene rings is 1. The molecule has 0 atom stereocenters. The Morgan fingerprint density at radius 2 is 2.05 bits per heavy atom. The standard InChI is InChI=1S/C13H20FN5O2/c1-13(2,3)21-12(20)17-7-8-4-9(6-10(14)5-8)11(18-15)19-16/h4-6H,7,15-16H2,1-3H3,(H,17,20)(H,18,19). The fourth-order valence-electron chi connectivity index (χ4n) is 1.57. The van der Waals surface area contributed by atoms with Crippen LogP contribution in [0.15, 0.2) is 23.3 Å². The lowest BCUT2D eigenvalue weighted by atomic mass is 10.1. The second-order valence-electron chi connectivity index (χ2n) is 5.33. The Bertz CT molecular complexity index is 540. The molecule has 1 aromatic carbocycles. The Kier molecular flexibility index (Phi) is 5.48. The molecule has 0 saturated heterocycles. The molecule has 0 aliphatic rings. The Balaban J connectivity index is 2.78. The van der Waals surface area contributed by atoms with Crippen molar-refractivity contribution in [1.82, 2.24) is 10.7 Å². The van der Waals surface area contributed by atoms with Crippen molar-refractivity contribution in [3.05, 3.63) is 35.1 Å². The molecule has 0 saturated carbocycles. The van der Waals surface area contributed by atoms with Gasteiger partial charge in [0.05, 0.1) is 0 Å². The zero-order valence-electron chi connectivity index (χ0n) is 12.2. The van der Waals surface area contributed by atoms with E-state index < -0.39 is 17.5 Å². The number of ether oxygens (including phenoxy) is 1. The van der Waals surface area contributed by atoms with Gasteiger partial charge in [0.25, 0.3) is 0 Å². The SMILES string of the molecule is CC(C)(C)OC(=O)NCc1cc(F)cc(/C(=N/N)NN)c1.